The molecule has 0 N–H and O–H groups in total. The normalized spacial score (nSPS) is 10.3. The highest BCUT2D eigenvalue weighted by Crippen LogP contribution is 2.18. The fraction of sp³-hybridized carbons (Fsp3) is 0.538. The summed E-state index contributed by atoms with van der Waals surface area (Å²) in [6.45, 7) is 8.75. The molecule has 0 aliphatic rings. The van der Waals surface area contributed by atoms with Crippen molar-refractivity contribution in [3.8, 4) is 0 Å². The quantitative estimate of drug-likeness (QED) is 0.661. The second-order valence-corrected chi connectivity index (χ2v) is 3.98. The first-order chi connectivity index (χ1) is 7.19. The molecule has 2 heteroatoms. The number of hydrogen-bond donors (Lipinski definition) is 0. The zero-order chi connectivity index (χ0) is 11.3. The van der Waals surface area contributed by atoms with Crippen molar-refractivity contribution in [3.05, 3.63) is 23.8 Å². The minimum atomic E-state index is 0.850. The Morgan fingerprint density at radius 1 is 1.27 bits per heavy atom. The topological polar surface area (TPSA) is 3.24 Å². The van der Waals surface area contributed by atoms with Crippen molar-refractivity contribution < 1.29 is 0 Å². The number of nitrogens with zero attached hydrogens (tertiary/aromatic N) is 1. The van der Waals surface area contributed by atoms with Gasteiger partial charge in [-0.3, -0.25) is 0 Å². The predicted molar refractivity (Wildman–Crippen MR) is 69.4 cm³/mol. The van der Waals surface area contributed by atoms with Crippen LogP contribution in [0.4, 0.5) is 5.69 Å². The molecular weight excluding hydrogens is 181 g/mol. The van der Waals surface area contributed by atoms with Gasteiger partial charge >= 0.3 is 0 Å². The van der Waals surface area contributed by atoms with Crippen molar-refractivity contribution in [1.82, 2.24) is 0 Å². The molecule has 15 heavy (non-hydrogen) atoms. The molecule has 2 radical (unpaired) electrons. The maximum absolute atomic E-state index is 5.75. The van der Waals surface area contributed by atoms with Gasteiger partial charge in [-0.2, -0.15) is 0 Å². The third-order valence-corrected chi connectivity index (χ3v) is 2.72. The van der Waals surface area contributed by atoms with E-state index in [-0.39, 0.29) is 0 Å². The van der Waals surface area contributed by atoms with Gasteiger partial charge in [0.25, 0.3) is 0 Å². The summed E-state index contributed by atoms with van der Waals surface area (Å²) in [5.74, 6) is 0. The molecule has 0 fully saturated rings. The number of hydrogen-bond acceptors (Lipinski definition) is 1. The van der Waals surface area contributed by atoms with Crippen LogP contribution in [0.3, 0.4) is 0 Å². The number of rotatable bonds is 5. The SMILES string of the molecule is [B]c1ccc(N(CC)CCCC)c(C)c1. The largest absolute Gasteiger partial charge is 0.372 e. The summed E-state index contributed by atoms with van der Waals surface area (Å²) in [5.41, 5.74) is 3.44. The van der Waals surface area contributed by atoms with Crippen LogP contribution in [0.15, 0.2) is 18.2 Å². The second kappa shape index (κ2) is 5.84. The Balaban J connectivity index is 2.81. The Morgan fingerprint density at radius 2 is 2.00 bits per heavy atom. The summed E-state index contributed by atoms with van der Waals surface area (Å²) in [7, 11) is 5.75. The molecule has 0 saturated heterocycles. The molecule has 0 unspecified atom stereocenters. The number of anilines is 1. The zero-order valence-corrected chi connectivity index (χ0v) is 10.1. The van der Waals surface area contributed by atoms with Crippen molar-refractivity contribution >= 4 is 19.0 Å². The van der Waals surface area contributed by atoms with Crippen LogP contribution in [-0.4, -0.2) is 20.9 Å². The van der Waals surface area contributed by atoms with Gasteiger partial charge in [-0.05, 0) is 31.9 Å². The van der Waals surface area contributed by atoms with Crippen LogP contribution in [0.2, 0.25) is 0 Å². The van der Waals surface area contributed by atoms with Crippen LogP contribution in [0.1, 0.15) is 32.3 Å². The summed E-state index contributed by atoms with van der Waals surface area (Å²) in [5, 5.41) is 0. The fourth-order valence-corrected chi connectivity index (χ4v) is 1.83. The average molecular weight is 201 g/mol. The Kier molecular flexibility index (Phi) is 4.74. The van der Waals surface area contributed by atoms with Gasteiger partial charge in [0, 0.05) is 18.8 Å². The molecule has 0 saturated carbocycles. The maximum atomic E-state index is 5.75. The third-order valence-electron chi connectivity index (χ3n) is 2.72. The molecule has 0 bridgehead atoms. The van der Waals surface area contributed by atoms with Crippen LogP contribution >= 0.6 is 0 Å². The smallest absolute Gasteiger partial charge is 0.113 e. The Labute approximate surface area is 94.9 Å². The summed E-state index contributed by atoms with van der Waals surface area (Å²) < 4.78 is 0. The Bertz CT molecular complexity index is 309. The summed E-state index contributed by atoms with van der Waals surface area (Å²) in [6.07, 6.45) is 2.49. The zero-order valence-electron chi connectivity index (χ0n) is 10.1. The van der Waals surface area contributed by atoms with Gasteiger partial charge in [0.1, 0.15) is 7.85 Å². The number of benzene rings is 1. The summed E-state index contributed by atoms with van der Waals surface area (Å²) >= 11 is 0. The fourth-order valence-electron chi connectivity index (χ4n) is 1.83. The van der Waals surface area contributed by atoms with Gasteiger partial charge in [0.15, 0.2) is 0 Å². The molecule has 1 aromatic rings. The van der Waals surface area contributed by atoms with E-state index in [1.807, 2.05) is 12.1 Å². The van der Waals surface area contributed by atoms with Gasteiger partial charge in [-0.1, -0.05) is 30.9 Å². The minimum absolute atomic E-state index is 0.850. The van der Waals surface area contributed by atoms with Gasteiger partial charge < -0.3 is 4.90 Å². The lowest BCUT2D eigenvalue weighted by Gasteiger charge is -2.25. The second-order valence-electron chi connectivity index (χ2n) is 3.98. The first-order valence-electron chi connectivity index (χ1n) is 5.80. The van der Waals surface area contributed by atoms with Crippen LogP contribution < -0.4 is 10.4 Å². The average Bonchev–Trinajstić information content (AvgIpc) is 2.21. The highest BCUT2D eigenvalue weighted by Gasteiger charge is 2.06. The van der Waals surface area contributed by atoms with E-state index in [2.05, 4.69) is 31.7 Å². The van der Waals surface area contributed by atoms with E-state index in [4.69, 9.17) is 7.85 Å². The molecule has 0 aromatic heterocycles. The lowest BCUT2D eigenvalue weighted by atomic mass is 9.94. The predicted octanol–water partition coefficient (Wildman–Crippen LogP) is 2.42. The molecule has 1 aromatic carbocycles. The van der Waals surface area contributed by atoms with E-state index < -0.39 is 0 Å². The molecule has 0 aliphatic heterocycles. The van der Waals surface area contributed by atoms with Crippen molar-refractivity contribution in [3.63, 3.8) is 0 Å². The van der Waals surface area contributed by atoms with E-state index in [0.29, 0.717) is 0 Å². The Morgan fingerprint density at radius 3 is 2.53 bits per heavy atom. The molecule has 0 atom stereocenters. The van der Waals surface area contributed by atoms with E-state index in [1.54, 1.807) is 0 Å². The lowest BCUT2D eigenvalue weighted by molar-refractivity contribution is 0.730. The molecule has 80 valence electrons. The standard InChI is InChI=1S/C13H20BN/c1-4-6-9-15(5-2)13-8-7-12(14)10-11(13)3/h7-8,10H,4-6,9H2,1-3H3. The van der Waals surface area contributed by atoms with Gasteiger partial charge in [-0.15, -0.1) is 0 Å². The number of unbranched alkanes of at least 4 members (excludes halogenated alkanes) is 1. The first kappa shape index (κ1) is 12.2. The van der Waals surface area contributed by atoms with Gasteiger partial charge in [-0.25, -0.2) is 0 Å². The third kappa shape index (κ3) is 3.30. The number of aryl methyl sites for hydroxylation is 1. The van der Waals surface area contributed by atoms with E-state index in [0.717, 1.165) is 18.6 Å². The van der Waals surface area contributed by atoms with Crippen molar-refractivity contribution in [2.45, 2.75) is 33.6 Å². The summed E-state index contributed by atoms with van der Waals surface area (Å²) in [6, 6.07) is 6.16. The monoisotopic (exact) mass is 201 g/mol. The van der Waals surface area contributed by atoms with Crippen molar-refractivity contribution in [2.75, 3.05) is 18.0 Å². The van der Waals surface area contributed by atoms with E-state index in [1.165, 1.54) is 24.1 Å². The molecule has 0 heterocycles. The van der Waals surface area contributed by atoms with Crippen molar-refractivity contribution in [1.29, 1.82) is 0 Å². The Hall–Kier alpha value is -0.915. The molecule has 1 nitrogen and oxygen atoms in total. The summed E-state index contributed by atoms with van der Waals surface area (Å²) in [4.78, 5) is 2.41. The van der Waals surface area contributed by atoms with Crippen LogP contribution in [0, 0.1) is 6.92 Å². The van der Waals surface area contributed by atoms with Crippen molar-refractivity contribution in [2.24, 2.45) is 0 Å². The molecule has 0 aliphatic carbocycles. The maximum Gasteiger partial charge on any atom is 0.113 e. The molecule has 0 amide bonds. The van der Waals surface area contributed by atoms with E-state index in [9.17, 15) is 0 Å². The molecule has 0 spiro atoms. The van der Waals surface area contributed by atoms with Gasteiger partial charge in [0.2, 0.25) is 0 Å². The molecular formula is C13H20BN. The molecule has 1 rings (SSSR count). The lowest BCUT2D eigenvalue weighted by Crippen LogP contribution is -2.25. The highest BCUT2D eigenvalue weighted by atomic mass is 15.1. The van der Waals surface area contributed by atoms with Crippen LogP contribution in [0.5, 0.6) is 0 Å². The van der Waals surface area contributed by atoms with E-state index >= 15 is 0 Å². The van der Waals surface area contributed by atoms with Crippen LogP contribution in [0.25, 0.3) is 0 Å². The van der Waals surface area contributed by atoms with Gasteiger partial charge in [0.05, 0.1) is 0 Å². The minimum Gasteiger partial charge on any atom is -0.372 e. The van der Waals surface area contributed by atoms with Crippen LogP contribution in [-0.2, 0) is 0 Å². The highest BCUT2D eigenvalue weighted by molar-refractivity contribution is 6.32. The first-order valence-corrected chi connectivity index (χ1v) is 5.80.